The molecule has 12 heteroatoms. The molecule has 0 bridgehead atoms. The van der Waals surface area contributed by atoms with E-state index >= 15 is 0 Å². The van der Waals surface area contributed by atoms with E-state index in [4.69, 9.17) is 65.9 Å². The second kappa shape index (κ2) is 15.5. The number of hydrogen-bond acceptors (Lipinski definition) is 4. The van der Waals surface area contributed by atoms with Crippen LogP contribution < -0.4 is 14.9 Å². The highest BCUT2D eigenvalue weighted by Gasteiger charge is 2.17. The molecular weight excluding hydrogens is 647 g/mol. The summed E-state index contributed by atoms with van der Waals surface area (Å²) in [5, 5.41) is 19.7. The third-order valence-corrected chi connectivity index (χ3v) is 7.34. The SMILES string of the molecule is COc1ccc(F)cc1-c1c(Cl)cccc1Cl.COc1ccc(F)cc1B(O)O.Clc1cccc(Cl)c1Br.[H-]. The van der Waals surface area contributed by atoms with Crippen molar-refractivity contribution >= 4 is 74.9 Å². The molecule has 0 atom stereocenters. The highest BCUT2D eigenvalue weighted by molar-refractivity contribution is 9.10. The maximum atomic E-state index is 13.3. The molecule has 4 rings (SSSR count). The first-order valence-corrected chi connectivity index (χ1v) is 12.9. The van der Waals surface area contributed by atoms with Gasteiger partial charge in [-0.1, -0.05) is 58.5 Å². The van der Waals surface area contributed by atoms with Crippen LogP contribution in [0.1, 0.15) is 1.43 Å². The molecule has 0 aliphatic rings. The largest absolute Gasteiger partial charge is 1.00 e. The Kier molecular flexibility index (Phi) is 13.2. The normalized spacial score (nSPS) is 9.97. The monoisotopic (exact) mass is 665 g/mol. The Balaban J connectivity index is 0.000000305. The minimum Gasteiger partial charge on any atom is -1.00 e. The van der Waals surface area contributed by atoms with E-state index < -0.39 is 12.9 Å². The van der Waals surface area contributed by atoms with Gasteiger partial charge in [-0.3, -0.25) is 0 Å². The van der Waals surface area contributed by atoms with Crippen LogP contribution in [0.15, 0.2) is 77.3 Å². The van der Waals surface area contributed by atoms with Gasteiger partial charge in [0, 0.05) is 16.6 Å². The summed E-state index contributed by atoms with van der Waals surface area (Å²) in [6.07, 6.45) is 0. The molecule has 0 spiro atoms. The molecule has 4 aromatic carbocycles. The summed E-state index contributed by atoms with van der Waals surface area (Å²) in [4.78, 5) is 0. The molecular formula is C26H21BBrCl4F2O4-. The van der Waals surface area contributed by atoms with Crippen LogP contribution in [-0.2, 0) is 0 Å². The van der Waals surface area contributed by atoms with E-state index in [0.29, 0.717) is 37.0 Å². The molecule has 0 radical (unpaired) electrons. The van der Waals surface area contributed by atoms with Crippen molar-refractivity contribution in [2.45, 2.75) is 0 Å². The van der Waals surface area contributed by atoms with Crippen LogP contribution in [0.3, 0.4) is 0 Å². The first-order chi connectivity index (χ1) is 18.0. The topological polar surface area (TPSA) is 58.9 Å². The van der Waals surface area contributed by atoms with Crippen molar-refractivity contribution in [1.29, 1.82) is 0 Å². The van der Waals surface area contributed by atoms with Gasteiger partial charge in [-0.25, -0.2) is 8.78 Å². The average Bonchev–Trinajstić information content (AvgIpc) is 2.88. The lowest BCUT2D eigenvalue weighted by atomic mass is 9.79. The van der Waals surface area contributed by atoms with Crippen LogP contribution in [-0.4, -0.2) is 31.4 Å². The molecule has 0 aliphatic carbocycles. The van der Waals surface area contributed by atoms with Crippen molar-refractivity contribution in [1.82, 2.24) is 0 Å². The highest BCUT2D eigenvalue weighted by atomic mass is 79.9. The zero-order chi connectivity index (χ0) is 28.4. The second-order valence-electron chi connectivity index (χ2n) is 7.24. The van der Waals surface area contributed by atoms with Gasteiger partial charge in [0.25, 0.3) is 0 Å². The third kappa shape index (κ3) is 9.02. The lowest BCUT2D eigenvalue weighted by molar-refractivity contribution is 0.402. The van der Waals surface area contributed by atoms with Crippen molar-refractivity contribution in [2.24, 2.45) is 0 Å². The minimum absolute atomic E-state index is 0. The molecule has 2 N–H and O–H groups in total. The molecule has 4 aromatic rings. The van der Waals surface area contributed by atoms with Crippen molar-refractivity contribution < 1.29 is 29.7 Å². The van der Waals surface area contributed by atoms with E-state index in [-0.39, 0.29) is 18.5 Å². The zero-order valence-electron chi connectivity index (χ0n) is 20.9. The maximum absolute atomic E-state index is 13.3. The number of ether oxygens (including phenoxy) is 2. The third-order valence-electron chi connectivity index (χ3n) is 4.77. The molecule has 0 heterocycles. The first-order valence-electron chi connectivity index (χ1n) is 10.6. The fourth-order valence-corrected chi connectivity index (χ4v) is 4.28. The van der Waals surface area contributed by atoms with Crippen molar-refractivity contribution in [3.05, 3.63) is 109 Å². The zero-order valence-corrected chi connectivity index (χ0v) is 24.5. The standard InChI is InChI=1S/C13H9Cl2FO.C7H8BFO3.C6H3BrCl2.H/c1-17-12-6-5-8(16)7-9(12)13-10(14)3-2-4-11(13)15;1-12-7-3-2-5(9)4-6(7)8(10)11;7-6-4(8)2-1-3-5(6)9;/h2-7H,1H3;2-4,10-11H,1H3;1-3H;/q;;;-1. The van der Waals surface area contributed by atoms with Crippen LogP contribution in [0.2, 0.25) is 20.1 Å². The molecule has 0 amide bonds. The summed E-state index contributed by atoms with van der Waals surface area (Å²) in [5.74, 6) is -0.108. The van der Waals surface area contributed by atoms with E-state index in [9.17, 15) is 8.78 Å². The lowest BCUT2D eigenvalue weighted by Crippen LogP contribution is -2.31. The van der Waals surface area contributed by atoms with Crippen LogP contribution in [0.4, 0.5) is 8.78 Å². The summed E-state index contributed by atoms with van der Waals surface area (Å²) in [6.45, 7) is 0. The van der Waals surface area contributed by atoms with E-state index in [1.54, 1.807) is 42.5 Å². The summed E-state index contributed by atoms with van der Waals surface area (Å²) in [7, 11) is 1.18. The Labute approximate surface area is 249 Å². The fraction of sp³-hybridized carbons (Fsp3) is 0.0769. The van der Waals surface area contributed by atoms with Crippen molar-refractivity contribution in [3.8, 4) is 22.6 Å². The van der Waals surface area contributed by atoms with E-state index in [2.05, 4.69) is 15.9 Å². The predicted molar refractivity (Wildman–Crippen MR) is 156 cm³/mol. The van der Waals surface area contributed by atoms with Crippen LogP contribution in [0, 0.1) is 11.6 Å². The molecule has 0 saturated carbocycles. The summed E-state index contributed by atoms with van der Waals surface area (Å²) >= 11 is 26.7. The lowest BCUT2D eigenvalue weighted by Gasteiger charge is -2.11. The molecule has 202 valence electrons. The second-order valence-corrected chi connectivity index (χ2v) is 9.66. The molecule has 4 nitrogen and oxygen atoms in total. The van der Waals surface area contributed by atoms with Gasteiger partial charge in [0.15, 0.2) is 0 Å². The quantitative estimate of drug-likeness (QED) is 0.170. The van der Waals surface area contributed by atoms with Crippen LogP contribution in [0.5, 0.6) is 11.5 Å². The Morgan fingerprint density at radius 3 is 1.61 bits per heavy atom. The Bertz CT molecular complexity index is 1350. The van der Waals surface area contributed by atoms with E-state index in [1.807, 2.05) is 0 Å². The van der Waals surface area contributed by atoms with Crippen molar-refractivity contribution in [2.75, 3.05) is 14.2 Å². The number of methoxy groups -OCH3 is 2. The van der Waals surface area contributed by atoms with Gasteiger partial charge in [-0.2, -0.15) is 0 Å². The molecule has 0 aliphatic heterocycles. The first kappa shape index (κ1) is 32.2. The molecule has 0 fully saturated rings. The number of rotatable bonds is 4. The Morgan fingerprint density at radius 2 is 1.16 bits per heavy atom. The van der Waals surface area contributed by atoms with Gasteiger partial charge < -0.3 is 20.9 Å². The van der Waals surface area contributed by atoms with Gasteiger partial charge in [-0.15, -0.1) is 0 Å². The summed E-state index contributed by atoms with van der Waals surface area (Å²) in [5.41, 5.74) is 1.15. The van der Waals surface area contributed by atoms with Crippen LogP contribution in [0.25, 0.3) is 11.1 Å². The van der Waals surface area contributed by atoms with E-state index in [0.717, 1.165) is 10.5 Å². The smallest absolute Gasteiger partial charge is 0.492 e. The maximum Gasteiger partial charge on any atom is 0.492 e. The van der Waals surface area contributed by atoms with E-state index in [1.165, 1.54) is 38.5 Å². The fourth-order valence-electron chi connectivity index (χ4n) is 3.02. The van der Waals surface area contributed by atoms with Gasteiger partial charge >= 0.3 is 7.12 Å². The van der Waals surface area contributed by atoms with Gasteiger partial charge in [0.05, 0.1) is 38.8 Å². The average molecular weight is 668 g/mol. The number of hydrogen-bond donors (Lipinski definition) is 2. The highest BCUT2D eigenvalue weighted by Crippen LogP contribution is 2.39. The van der Waals surface area contributed by atoms with Crippen LogP contribution >= 0.6 is 62.3 Å². The summed E-state index contributed by atoms with van der Waals surface area (Å²) in [6, 6.07) is 18.3. The number of halogens is 7. The predicted octanol–water partition coefficient (Wildman–Crippen LogP) is 8.19. The van der Waals surface area contributed by atoms with Gasteiger partial charge in [-0.05, 0) is 76.6 Å². The molecule has 0 saturated heterocycles. The Hall–Kier alpha value is -2.04. The Morgan fingerprint density at radius 1 is 0.711 bits per heavy atom. The minimum atomic E-state index is -1.71. The van der Waals surface area contributed by atoms with Gasteiger partial charge in [0.2, 0.25) is 0 Å². The molecule has 0 unspecified atom stereocenters. The van der Waals surface area contributed by atoms with Crippen molar-refractivity contribution in [3.63, 3.8) is 0 Å². The molecule has 38 heavy (non-hydrogen) atoms. The molecule has 0 aromatic heterocycles. The summed E-state index contributed by atoms with van der Waals surface area (Å²) < 4.78 is 36.6. The number of benzene rings is 4. The van der Waals surface area contributed by atoms with Gasteiger partial charge in [0.1, 0.15) is 23.1 Å².